The fourth-order valence-electron chi connectivity index (χ4n) is 4.38. The average Bonchev–Trinajstić information content (AvgIpc) is 2.40. The predicted octanol–water partition coefficient (Wildman–Crippen LogP) is 6.56. The highest BCUT2D eigenvalue weighted by molar-refractivity contribution is 5.88. The molecule has 0 aromatic carbocycles. The largest absolute Gasteiger partial charge is 0.375 e. The van der Waals surface area contributed by atoms with Crippen LogP contribution in [0.5, 0.6) is 0 Å². The minimum Gasteiger partial charge on any atom is -0.375 e. The Hall–Kier alpha value is -0.450. The van der Waals surface area contributed by atoms with Gasteiger partial charge in [0.2, 0.25) is 0 Å². The molecule has 0 aromatic heterocycles. The van der Waals surface area contributed by atoms with Gasteiger partial charge in [0.25, 0.3) is 0 Å². The van der Waals surface area contributed by atoms with E-state index < -0.39 is 11.0 Å². The zero-order valence-corrected chi connectivity index (χ0v) is 22.8. The molecule has 0 saturated carbocycles. The van der Waals surface area contributed by atoms with Gasteiger partial charge in [-0.25, -0.2) is 0 Å². The maximum atomic E-state index is 12.9. The van der Waals surface area contributed by atoms with E-state index in [9.17, 15) is 4.79 Å². The number of nitrogens with one attached hydrogen (secondary N) is 1. The Morgan fingerprint density at radius 2 is 1.20 bits per heavy atom. The lowest BCUT2D eigenvalue weighted by molar-refractivity contribution is -0.161. The molecule has 0 heterocycles. The van der Waals surface area contributed by atoms with Crippen molar-refractivity contribution in [3.8, 4) is 0 Å². The third kappa shape index (κ3) is 12.4. The van der Waals surface area contributed by atoms with Crippen LogP contribution in [0.25, 0.3) is 0 Å². The van der Waals surface area contributed by atoms with E-state index in [1.165, 1.54) is 0 Å². The fraction of sp³-hybridized carbons (Fsp3) is 0.962. The van der Waals surface area contributed by atoms with Gasteiger partial charge in [0.05, 0.1) is 23.4 Å². The predicted molar refractivity (Wildman–Crippen MR) is 129 cm³/mol. The lowest BCUT2D eigenvalue weighted by Gasteiger charge is -2.42. The molecule has 0 aromatic rings. The van der Waals surface area contributed by atoms with Crippen molar-refractivity contribution in [2.24, 2.45) is 10.8 Å². The zero-order chi connectivity index (χ0) is 24.2. The molecule has 180 valence electrons. The van der Waals surface area contributed by atoms with Crippen LogP contribution in [0.15, 0.2) is 0 Å². The van der Waals surface area contributed by atoms with Crippen LogP contribution in [0, 0.1) is 10.8 Å². The number of hydrogen-bond acceptors (Lipinski definition) is 4. The molecule has 0 fully saturated rings. The van der Waals surface area contributed by atoms with Gasteiger partial charge in [0.15, 0.2) is 0 Å². The minimum absolute atomic E-state index is 0.125. The minimum atomic E-state index is -0.434. The van der Waals surface area contributed by atoms with Crippen LogP contribution in [0.2, 0.25) is 0 Å². The third-order valence-corrected chi connectivity index (χ3v) is 5.30. The van der Waals surface area contributed by atoms with Gasteiger partial charge in [-0.1, -0.05) is 34.6 Å². The molecule has 0 spiro atoms. The molecule has 0 bridgehead atoms. The summed E-state index contributed by atoms with van der Waals surface area (Å²) < 4.78 is 12.7. The maximum absolute atomic E-state index is 12.9. The van der Waals surface area contributed by atoms with Crippen LogP contribution in [0.1, 0.15) is 116 Å². The molecule has 0 amide bonds. The van der Waals surface area contributed by atoms with Crippen molar-refractivity contribution in [3.63, 3.8) is 0 Å². The summed E-state index contributed by atoms with van der Waals surface area (Å²) in [5, 5.41) is 3.52. The molecule has 30 heavy (non-hydrogen) atoms. The lowest BCUT2D eigenvalue weighted by atomic mass is 9.70. The van der Waals surface area contributed by atoms with E-state index in [1.807, 2.05) is 34.6 Å². The number of carbonyl (C=O) groups is 1. The lowest BCUT2D eigenvalue weighted by Crippen LogP contribution is -2.45. The van der Waals surface area contributed by atoms with Gasteiger partial charge in [0, 0.05) is 16.4 Å². The molecule has 0 atom stereocenters. The Balaban J connectivity index is 4.74. The average molecular weight is 428 g/mol. The van der Waals surface area contributed by atoms with Gasteiger partial charge in [-0.2, -0.15) is 0 Å². The van der Waals surface area contributed by atoms with Crippen LogP contribution in [-0.4, -0.2) is 41.3 Å². The monoisotopic (exact) mass is 427 g/mol. The Bertz CT molecular complexity index is 546. The SMILES string of the molecule is CC(C)(C)NCCC(C)(C)OCCC(C)(C)OC(C)(C)CC(C)(C)C(=O)C(C)(C)C. The highest BCUT2D eigenvalue weighted by Gasteiger charge is 2.42. The molecule has 4 heteroatoms. The second-order valence-corrected chi connectivity index (χ2v) is 13.5. The van der Waals surface area contributed by atoms with Gasteiger partial charge in [0.1, 0.15) is 5.78 Å². The first-order valence-electron chi connectivity index (χ1n) is 11.6. The summed E-state index contributed by atoms with van der Waals surface area (Å²) in [6.45, 7) is 30.9. The van der Waals surface area contributed by atoms with Crippen molar-refractivity contribution in [1.82, 2.24) is 5.32 Å². The molecule has 0 saturated heterocycles. The van der Waals surface area contributed by atoms with Gasteiger partial charge in [-0.15, -0.1) is 0 Å². The van der Waals surface area contributed by atoms with Gasteiger partial charge < -0.3 is 14.8 Å². The van der Waals surface area contributed by atoms with Crippen LogP contribution in [0.4, 0.5) is 0 Å². The normalized spacial score (nSPS) is 14.9. The number of carbonyl (C=O) groups excluding carboxylic acids is 1. The van der Waals surface area contributed by atoms with Gasteiger partial charge in [-0.3, -0.25) is 4.79 Å². The molecular weight excluding hydrogens is 374 g/mol. The maximum Gasteiger partial charge on any atom is 0.143 e. The highest BCUT2D eigenvalue weighted by Crippen LogP contribution is 2.39. The molecule has 0 radical (unpaired) electrons. The number of ether oxygens (including phenoxy) is 2. The third-order valence-electron chi connectivity index (χ3n) is 5.30. The fourth-order valence-corrected chi connectivity index (χ4v) is 4.38. The molecular formula is C26H53NO3. The molecule has 0 rings (SSSR count). The van der Waals surface area contributed by atoms with E-state index in [4.69, 9.17) is 9.47 Å². The summed E-state index contributed by atoms with van der Waals surface area (Å²) in [5.74, 6) is 0.276. The van der Waals surface area contributed by atoms with Gasteiger partial charge in [-0.05, 0) is 88.1 Å². The van der Waals surface area contributed by atoms with Crippen molar-refractivity contribution < 1.29 is 14.3 Å². The smallest absolute Gasteiger partial charge is 0.143 e. The summed E-state index contributed by atoms with van der Waals surface area (Å²) >= 11 is 0. The second-order valence-electron chi connectivity index (χ2n) is 13.5. The summed E-state index contributed by atoms with van der Waals surface area (Å²) in [5.41, 5.74) is -1.57. The number of hydrogen-bond donors (Lipinski definition) is 1. The molecule has 1 N–H and O–H groups in total. The van der Waals surface area contributed by atoms with Crippen molar-refractivity contribution in [1.29, 1.82) is 0 Å². The molecule has 0 aliphatic heterocycles. The Kier molecular flexibility index (Phi) is 9.85. The van der Waals surface area contributed by atoms with E-state index in [1.54, 1.807) is 0 Å². The first-order chi connectivity index (χ1) is 13.0. The van der Waals surface area contributed by atoms with E-state index >= 15 is 0 Å². The van der Waals surface area contributed by atoms with Crippen LogP contribution in [0.3, 0.4) is 0 Å². The summed E-state index contributed by atoms with van der Waals surface area (Å²) in [7, 11) is 0. The van der Waals surface area contributed by atoms with E-state index in [2.05, 4.69) is 67.6 Å². The number of rotatable bonds is 12. The Morgan fingerprint density at radius 1 is 0.700 bits per heavy atom. The van der Waals surface area contributed by atoms with Crippen molar-refractivity contribution in [3.05, 3.63) is 0 Å². The Morgan fingerprint density at radius 3 is 1.63 bits per heavy atom. The van der Waals surface area contributed by atoms with E-state index in [-0.39, 0.29) is 27.9 Å². The summed E-state index contributed by atoms with van der Waals surface area (Å²) in [6, 6.07) is 0. The molecule has 0 aliphatic carbocycles. The second kappa shape index (κ2) is 10.0. The van der Waals surface area contributed by atoms with Crippen molar-refractivity contribution in [2.75, 3.05) is 13.2 Å². The number of ketones is 1. The van der Waals surface area contributed by atoms with Crippen molar-refractivity contribution >= 4 is 5.78 Å². The topological polar surface area (TPSA) is 47.6 Å². The van der Waals surface area contributed by atoms with Gasteiger partial charge >= 0.3 is 0 Å². The first kappa shape index (κ1) is 29.5. The van der Waals surface area contributed by atoms with E-state index in [0.717, 1.165) is 19.4 Å². The van der Waals surface area contributed by atoms with Crippen LogP contribution < -0.4 is 5.32 Å². The summed E-state index contributed by atoms with van der Waals surface area (Å²) in [6.07, 6.45) is 2.45. The first-order valence-corrected chi connectivity index (χ1v) is 11.6. The van der Waals surface area contributed by atoms with Crippen LogP contribution in [-0.2, 0) is 14.3 Å². The van der Waals surface area contributed by atoms with Crippen LogP contribution >= 0.6 is 0 Å². The van der Waals surface area contributed by atoms with E-state index in [0.29, 0.717) is 13.0 Å². The molecule has 0 aliphatic rings. The highest BCUT2D eigenvalue weighted by atomic mass is 16.5. The summed E-state index contributed by atoms with van der Waals surface area (Å²) in [4.78, 5) is 12.9. The standard InChI is InChI=1S/C26H53NO3/c1-21(2,3)20(28)23(7,8)19-26(13,14)30-25(11,12)16-18-29-24(9,10)15-17-27-22(4,5)6/h27H,15-19H2,1-14H3. The molecule has 0 unspecified atom stereocenters. The Labute approximate surface area is 188 Å². The quantitative estimate of drug-likeness (QED) is 0.383. The number of Topliss-reactive ketones (excluding diaryl/α,β-unsaturated/α-hetero) is 1. The molecule has 4 nitrogen and oxygen atoms in total. The van der Waals surface area contributed by atoms with Crippen molar-refractivity contribution in [2.45, 2.75) is 139 Å². The zero-order valence-electron chi connectivity index (χ0n) is 22.8.